The van der Waals surface area contributed by atoms with E-state index in [1.54, 1.807) is 0 Å². The molecule has 1 N–H and O–H groups in total. The number of anilines is 1. The van der Waals surface area contributed by atoms with Crippen molar-refractivity contribution in [3.05, 3.63) is 29.3 Å². The molecule has 5 nitrogen and oxygen atoms in total. The Morgan fingerprint density at radius 1 is 1.40 bits per heavy atom. The van der Waals surface area contributed by atoms with Crippen LogP contribution >= 0.6 is 0 Å². The van der Waals surface area contributed by atoms with Gasteiger partial charge in [0.15, 0.2) is 0 Å². The zero-order valence-electron chi connectivity index (χ0n) is 11.5. The third-order valence-corrected chi connectivity index (χ3v) is 3.93. The predicted octanol–water partition coefficient (Wildman–Crippen LogP) is 2.00. The van der Waals surface area contributed by atoms with Crippen LogP contribution < -0.4 is 4.72 Å². The van der Waals surface area contributed by atoms with Crippen molar-refractivity contribution in [1.29, 1.82) is 0 Å². The first-order chi connectivity index (χ1) is 9.41. The van der Waals surface area contributed by atoms with E-state index in [9.17, 15) is 13.2 Å². The highest BCUT2D eigenvalue weighted by molar-refractivity contribution is 7.92. The molecule has 0 fully saturated rings. The summed E-state index contributed by atoms with van der Waals surface area (Å²) >= 11 is 0. The Labute approximate surface area is 119 Å². The van der Waals surface area contributed by atoms with Crippen LogP contribution in [0, 0.1) is 12.3 Å². The number of hydrogen-bond donors (Lipinski definition) is 1. The van der Waals surface area contributed by atoms with Gasteiger partial charge < -0.3 is 4.74 Å². The van der Waals surface area contributed by atoms with Crippen molar-refractivity contribution in [3.63, 3.8) is 0 Å². The molecule has 108 valence electrons. The van der Waals surface area contributed by atoms with E-state index >= 15 is 0 Å². The molecule has 0 saturated heterocycles. The summed E-state index contributed by atoms with van der Waals surface area (Å²) in [5.74, 6) is 1.83. The first-order valence-electron chi connectivity index (χ1n) is 6.12. The van der Waals surface area contributed by atoms with Crippen molar-refractivity contribution >= 4 is 21.7 Å². The van der Waals surface area contributed by atoms with Gasteiger partial charge in [0, 0.05) is 5.56 Å². The van der Waals surface area contributed by atoms with E-state index in [-0.39, 0.29) is 17.0 Å². The average molecular weight is 295 g/mol. The zero-order valence-corrected chi connectivity index (χ0v) is 12.3. The molecule has 0 aliphatic heterocycles. The van der Waals surface area contributed by atoms with Gasteiger partial charge in [0.2, 0.25) is 10.0 Å². The predicted molar refractivity (Wildman–Crippen MR) is 78.0 cm³/mol. The van der Waals surface area contributed by atoms with Crippen LogP contribution in [0.3, 0.4) is 0 Å². The summed E-state index contributed by atoms with van der Waals surface area (Å²) in [6.07, 6.45) is 6.63. The van der Waals surface area contributed by atoms with Gasteiger partial charge in [0.05, 0.1) is 24.1 Å². The highest BCUT2D eigenvalue weighted by Crippen LogP contribution is 2.17. The smallest absolute Gasteiger partial charge is 0.337 e. The number of ether oxygens (including phenoxy) is 1. The fraction of sp³-hybridized carbons (Fsp3) is 0.357. The number of unbranched alkanes of at least 4 members (excludes halogenated alkanes) is 1. The van der Waals surface area contributed by atoms with Gasteiger partial charge in [-0.2, -0.15) is 0 Å². The van der Waals surface area contributed by atoms with Crippen LogP contribution in [0.2, 0.25) is 0 Å². The Bertz CT molecular complexity index is 629. The largest absolute Gasteiger partial charge is 0.465 e. The van der Waals surface area contributed by atoms with E-state index in [2.05, 4.69) is 15.4 Å². The fourth-order valence-electron chi connectivity index (χ4n) is 1.57. The molecule has 20 heavy (non-hydrogen) atoms. The second-order valence-corrected chi connectivity index (χ2v) is 6.05. The average Bonchev–Trinajstić information content (AvgIpc) is 2.43. The molecule has 0 aromatic heterocycles. The van der Waals surface area contributed by atoms with Crippen molar-refractivity contribution in [2.75, 3.05) is 17.6 Å². The molecule has 0 atom stereocenters. The summed E-state index contributed by atoms with van der Waals surface area (Å²) in [4.78, 5) is 11.5. The zero-order chi connectivity index (χ0) is 15.2. The monoisotopic (exact) mass is 295 g/mol. The van der Waals surface area contributed by atoms with Gasteiger partial charge in [-0.15, -0.1) is 6.42 Å². The third kappa shape index (κ3) is 4.59. The maximum absolute atomic E-state index is 11.8. The number of rotatable bonds is 6. The van der Waals surface area contributed by atoms with Crippen LogP contribution in [0.4, 0.5) is 5.69 Å². The Hall–Kier alpha value is -2.00. The molecule has 0 unspecified atom stereocenters. The summed E-state index contributed by atoms with van der Waals surface area (Å²) in [6.45, 7) is 1.91. The number of terminal acetylenes is 1. The molecule has 0 spiro atoms. The van der Waals surface area contributed by atoms with Crippen molar-refractivity contribution in [2.45, 2.75) is 19.8 Å². The molecule has 0 bridgehead atoms. The van der Waals surface area contributed by atoms with Gasteiger partial charge in [-0.3, -0.25) is 4.72 Å². The van der Waals surface area contributed by atoms with Gasteiger partial charge in [-0.1, -0.05) is 19.3 Å². The number of sulfonamides is 1. The molecular weight excluding hydrogens is 278 g/mol. The molecule has 1 aromatic carbocycles. The van der Waals surface area contributed by atoms with E-state index in [1.807, 2.05) is 6.92 Å². The molecule has 0 radical (unpaired) electrons. The lowest BCUT2D eigenvalue weighted by Crippen LogP contribution is -2.17. The molecule has 1 aromatic rings. The van der Waals surface area contributed by atoms with Gasteiger partial charge in [-0.25, -0.2) is 13.2 Å². The number of nitrogens with one attached hydrogen (secondary N) is 1. The molecular formula is C14H17NO4S. The van der Waals surface area contributed by atoms with Gasteiger partial charge in [0.25, 0.3) is 0 Å². The molecule has 0 heterocycles. The molecule has 6 heteroatoms. The van der Waals surface area contributed by atoms with Crippen LogP contribution in [-0.2, 0) is 14.8 Å². The van der Waals surface area contributed by atoms with E-state index in [1.165, 1.54) is 25.3 Å². The van der Waals surface area contributed by atoms with Crippen LogP contribution in [0.1, 0.15) is 35.7 Å². The fourth-order valence-corrected chi connectivity index (χ4v) is 2.82. The molecule has 0 saturated carbocycles. The number of carbonyl (C=O) groups excluding carboxylic acids is 1. The van der Waals surface area contributed by atoms with Crippen molar-refractivity contribution < 1.29 is 17.9 Å². The standard InChI is InChI=1S/C14H17NO4S/c1-4-6-7-20(17,18)15-13-9-11(5-2)8-12(10-13)14(16)19-3/h2,8-10,15H,4,6-7H2,1,3H3. The van der Waals surface area contributed by atoms with E-state index in [0.717, 1.165) is 6.42 Å². The number of benzene rings is 1. The molecule has 1 rings (SSSR count). The van der Waals surface area contributed by atoms with E-state index in [4.69, 9.17) is 6.42 Å². The first kappa shape index (κ1) is 16.1. The highest BCUT2D eigenvalue weighted by Gasteiger charge is 2.13. The van der Waals surface area contributed by atoms with Gasteiger partial charge in [-0.05, 0) is 24.6 Å². The third-order valence-electron chi connectivity index (χ3n) is 2.56. The number of esters is 1. The summed E-state index contributed by atoms with van der Waals surface area (Å²) in [5.41, 5.74) is 0.870. The summed E-state index contributed by atoms with van der Waals surface area (Å²) in [7, 11) is -2.20. The minimum Gasteiger partial charge on any atom is -0.465 e. The Balaban J connectivity index is 3.07. The molecule has 0 aliphatic carbocycles. The SMILES string of the molecule is C#Cc1cc(NS(=O)(=O)CCCC)cc(C(=O)OC)c1. The van der Waals surface area contributed by atoms with Gasteiger partial charge in [0.1, 0.15) is 0 Å². The minimum atomic E-state index is -3.44. The van der Waals surface area contributed by atoms with Crippen LogP contribution in [0.25, 0.3) is 0 Å². The first-order valence-corrected chi connectivity index (χ1v) is 7.77. The maximum atomic E-state index is 11.8. The van der Waals surface area contributed by atoms with Crippen molar-refractivity contribution in [2.24, 2.45) is 0 Å². The van der Waals surface area contributed by atoms with Crippen LogP contribution in [0.15, 0.2) is 18.2 Å². The Kier molecular flexibility index (Phi) is 5.59. The second kappa shape index (κ2) is 6.96. The van der Waals surface area contributed by atoms with E-state index in [0.29, 0.717) is 12.0 Å². The highest BCUT2D eigenvalue weighted by atomic mass is 32.2. The Morgan fingerprint density at radius 2 is 2.10 bits per heavy atom. The normalized spacial score (nSPS) is 10.7. The lowest BCUT2D eigenvalue weighted by molar-refractivity contribution is 0.0600. The number of methoxy groups -OCH3 is 1. The summed E-state index contributed by atoms with van der Waals surface area (Å²) in [5, 5.41) is 0. The van der Waals surface area contributed by atoms with Gasteiger partial charge >= 0.3 is 5.97 Å². The van der Waals surface area contributed by atoms with E-state index < -0.39 is 16.0 Å². The summed E-state index contributed by atoms with van der Waals surface area (Å²) < 4.78 is 30.7. The Morgan fingerprint density at radius 3 is 2.65 bits per heavy atom. The number of hydrogen-bond acceptors (Lipinski definition) is 4. The van der Waals surface area contributed by atoms with Crippen LogP contribution in [-0.4, -0.2) is 27.2 Å². The quantitative estimate of drug-likeness (QED) is 0.643. The lowest BCUT2D eigenvalue weighted by atomic mass is 10.1. The van der Waals surface area contributed by atoms with Crippen molar-refractivity contribution in [3.8, 4) is 12.3 Å². The minimum absolute atomic E-state index is 0.0251. The number of carbonyl (C=O) groups is 1. The lowest BCUT2D eigenvalue weighted by Gasteiger charge is -2.09. The maximum Gasteiger partial charge on any atom is 0.337 e. The molecule has 0 aliphatic rings. The van der Waals surface area contributed by atoms with Crippen LogP contribution in [0.5, 0.6) is 0 Å². The van der Waals surface area contributed by atoms with Crippen molar-refractivity contribution in [1.82, 2.24) is 0 Å². The topological polar surface area (TPSA) is 72.5 Å². The molecule has 0 amide bonds. The second-order valence-electron chi connectivity index (χ2n) is 4.21. The summed E-state index contributed by atoms with van der Waals surface area (Å²) in [6, 6.07) is 4.36.